The molecule has 3 rings (SSSR count). The molecule has 0 aliphatic heterocycles. The van der Waals surface area contributed by atoms with E-state index in [-0.39, 0.29) is 38.6 Å². The van der Waals surface area contributed by atoms with Gasteiger partial charge in [0.05, 0.1) is 17.8 Å². The van der Waals surface area contributed by atoms with Gasteiger partial charge in [0, 0.05) is 11.3 Å². The molecule has 3 aromatic rings. The van der Waals surface area contributed by atoms with Gasteiger partial charge in [-0.2, -0.15) is 17.7 Å². The van der Waals surface area contributed by atoms with Gasteiger partial charge in [0.25, 0.3) is 6.43 Å². The van der Waals surface area contributed by atoms with Crippen LogP contribution in [0.2, 0.25) is 0 Å². The number of alkyl halides is 2. The summed E-state index contributed by atoms with van der Waals surface area (Å²) in [5.74, 6) is -1.02. The van der Waals surface area contributed by atoms with Crippen molar-refractivity contribution in [1.29, 1.82) is 0 Å². The molecule has 15 heteroatoms. The number of ether oxygens (including phenoxy) is 2. The summed E-state index contributed by atoms with van der Waals surface area (Å²) >= 11 is 0. The molecular formula is C24H27F3N6O5S. The number of carbonyl (C=O) groups is 1. The minimum absolute atomic E-state index is 0.0997. The summed E-state index contributed by atoms with van der Waals surface area (Å²) in [6, 6.07) is 7.74. The third kappa shape index (κ3) is 7.77. The van der Waals surface area contributed by atoms with Gasteiger partial charge in [0.15, 0.2) is 0 Å². The van der Waals surface area contributed by atoms with Crippen molar-refractivity contribution in [3.63, 3.8) is 0 Å². The number of aryl methyl sites for hydroxylation is 1. The first-order valence-corrected chi connectivity index (χ1v) is 12.9. The third-order valence-corrected chi connectivity index (χ3v) is 5.88. The van der Waals surface area contributed by atoms with Crippen LogP contribution in [0.25, 0.3) is 22.4 Å². The van der Waals surface area contributed by atoms with Gasteiger partial charge < -0.3 is 15.2 Å². The minimum atomic E-state index is -4.54. The number of halogens is 3. The highest BCUT2D eigenvalue weighted by Gasteiger charge is 2.30. The summed E-state index contributed by atoms with van der Waals surface area (Å²) < 4.78 is 75.9. The van der Waals surface area contributed by atoms with Crippen molar-refractivity contribution in [2.75, 3.05) is 18.9 Å². The summed E-state index contributed by atoms with van der Waals surface area (Å²) in [6.45, 7) is 5.07. The lowest BCUT2D eigenvalue weighted by Gasteiger charge is -2.25. The summed E-state index contributed by atoms with van der Waals surface area (Å²) in [6.07, 6.45) is -4.12. The van der Waals surface area contributed by atoms with Gasteiger partial charge in [0.1, 0.15) is 23.7 Å². The van der Waals surface area contributed by atoms with E-state index in [1.54, 1.807) is 20.8 Å². The van der Waals surface area contributed by atoms with E-state index in [4.69, 9.17) is 20.3 Å². The van der Waals surface area contributed by atoms with Crippen LogP contribution in [0.5, 0.6) is 5.88 Å². The Bertz CT molecular complexity index is 1460. The van der Waals surface area contributed by atoms with Crippen molar-refractivity contribution in [2.45, 2.75) is 39.7 Å². The number of rotatable bonds is 8. The fraction of sp³-hybridized carbons (Fsp3) is 0.333. The zero-order valence-electron chi connectivity index (χ0n) is 21.5. The Morgan fingerprint density at radius 2 is 1.72 bits per heavy atom. The van der Waals surface area contributed by atoms with Crippen LogP contribution in [0.3, 0.4) is 0 Å². The molecule has 0 saturated carbocycles. The number of pyridine rings is 1. The van der Waals surface area contributed by atoms with Gasteiger partial charge in [-0.25, -0.2) is 28.1 Å². The van der Waals surface area contributed by atoms with Crippen LogP contribution in [-0.2, 0) is 14.9 Å². The third-order valence-electron chi connectivity index (χ3n) is 4.93. The van der Waals surface area contributed by atoms with Crippen LogP contribution in [0.1, 0.15) is 38.6 Å². The van der Waals surface area contributed by atoms with Gasteiger partial charge in [-0.3, -0.25) is 4.98 Å². The molecule has 0 aliphatic rings. The van der Waals surface area contributed by atoms with E-state index in [0.717, 1.165) is 6.07 Å². The standard InChI is InChI=1S/C24H27F3N6O5S/c1-13-11-15(12-17(30-13)20(26)27)18-19(14-5-7-16(25)8-6-14)31-22(28)32-21(18)37-10-9-33(39(29,35)36)23(34)38-24(2,3)4/h5-8,11-12,20H,9-10H2,1-4H3,(H2,28,31,32)(H2,29,35,36). The number of hydrogen-bond donors (Lipinski definition) is 2. The largest absolute Gasteiger partial charge is 0.475 e. The van der Waals surface area contributed by atoms with Crippen molar-refractivity contribution in [3.8, 4) is 28.3 Å². The van der Waals surface area contributed by atoms with Crippen LogP contribution >= 0.6 is 0 Å². The molecule has 0 atom stereocenters. The van der Waals surface area contributed by atoms with E-state index in [1.807, 2.05) is 0 Å². The molecule has 0 spiro atoms. The fourth-order valence-corrected chi connectivity index (χ4v) is 4.02. The second kappa shape index (κ2) is 11.4. The molecule has 210 valence electrons. The fourth-order valence-electron chi connectivity index (χ4n) is 3.45. The monoisotopic (exact) mass is 568 g/mol. The Kier molecular flexibility index (Phi) is 8.65. The highest BCUT2D eigenvalue weighted by Crippen LogP contribution is 2.39. The quantitative estimate of drug-likeness (QED) is 0.409. The second-order valence-electron chi connectivity index (χ2n) is 9.29. The Morgan fingerprint density at radius 3 is 2.28 bits per heavy atom. The zero-order chi connectivity index (χ0) is 29.1. The number of nitrogens with zero attached hydrogens (tertiary/aromatic N) is 4. The summed E-state index contributed by atoms with van der Waals surface area (Å²) in [5, 5.41) is 5.19. The van der Waals surface area contributed by atoms with Gasteiger partial charge in [-0.15, -0.1) is 0 Å². The smallest absolute Gasteiger partial charge is 0.425 e. The summed E-state index contributed by atoms with van der Waals surface area (Å²) in [4.78, 5) is 24.6. The average Bonchev–Trinajstić information content (AvgIpc) is 2.79. The molecule has 0 radical (unpaired) electrons. The normalized spacial score (nSPS) is 11.9. The number of anilines is 1. The van der Waals surface area contributed by atoms with Crippen LogP contribution < -0.4 is 15.6 Å². The average molecular weight is 569 g/mol. The number of nitrogen functional groups attached to an aromatic ring is 1. The lowest BCUT2D eigenvalue weighted by atomic mass is 9.99. The number of nitrogens with two attached hydrogens (primary N) is 2. The Morgan fingerprint density at radius 1 is 1.08 bits per heavy atom. The van der Waals surface area contributed by atoms with Crippen molar-refractivity contribution in [3.05, 3.63) is 53.6 Å². The number of amides is 1. The molecule has 0 unspecified atom stereocenters. The minimum Gasteiger partial charge on any atom is -0.475 e. The number of benzene rings is 1. The van der Waals surface area contributed by atoms with Gasteiger partial charge in [0.2, 0.25) is 11.8 Å². The molecule has 0 saturated heterocycles. The van der Waals surface area contributed by atoms with Crippen molar-refractivity contribution >= 4 is 22.3 Å². The predicted molar refractivity (Wildman–Crippen MR) is 136 cm³/mol. The van der Waals surface area contributed by atoms with Crippen molar-refractivity contribution in [2.24, 2.45) is 5.14 Å². The lowest BCUT2D eigenvalue weighted by Crippen LogP contribution is -2.46. The van der Waals surface area contributed by atoms with Crippen LogP contribution in [0.4, 0.5) is 23.9 Å². The van der Waals surface area contributed by atoms with Crippen molar-refractivity contribution in [1.82, 2.24) is 19.3 Å². The molecule has 1 amide bonds. The molecule has 2 heterocycles. The Labute approximate surface area is 223 Å². The zero-order valence-corrected chi connectivity index (χ0v) is 22.3. The van der Waals surface area contributed by atoms with E-state index in [9.17, 15) is 26.4 Å². The number of carbonyl (C=O) groups excluding carboxylic acids is 1. The molecule has 4 N–H and O–H groups in total. The summed E-state index contributed by atoms with van der Waals surface area (Å²) in [7, 11) is -4.54. The highest BCUT2D eigenvalue weighted by molar-refractivity contribution is 7.87. The van der Waals surface area contributed by atoms with Gasteiger partial charge in [-0.05, 0) is 69.7 Å². The Balaban J connectivity index is 2.09. The molecule has 0 bridgehead atoms. The number of hydrogen-bond acceptors (Lipinski definition) is 9. The van der Waals surface area contributed by atoms with E-state index in [1.165, 1.54) is 37.3 Å². The maximum Gasteiger partial charge on any atom is 0.425 e. The van der Waals surface area contributed by atoms with E-state index in [2.05, 4.69) is 15.0 Å². The molecule has 1 aromatic carbocycles. The second-order valence-corrected chi connectivity index (χ2v) is 10.8. The Hall–Kier alpha value is -3.98. The van der Waals surface area contributed by atoms with Crippen LogP contribution in [-0.4, -0.2) is 52.5 Å². The molecule has 39 heavy (non-hydrogen) atoms. The molecule has 2 aromatic heterocycles. The van der Waals surface area contributed by atoms with Gasteiger partial charge >= 0.3 is 16.3 Å². The molecule has 0 fully saturated rings. The molecule has 11 nitrogen and oxygen atoms in total. The lowest BCUT2D eigenvalue weighted by molar-refractivity contribution is 0.0375. The first kappa shape index (κ1) is 29.6. The number of aromatic nitrogens is 3. The summed E-state index contributed by atoms with van der Waals surface area (Å²) in [5.41, 5.74) is 5.37. The van der Waals surface area contributed by atoms with Crippen LogP contribution in [0, 0.1) is 12.7 Å². The van der Waals surface area contributed by atoms with Crippen LogP contribution in [0.15, 0.2) is 36.4 Å². The van der Waals surface area contributed by atoms with Crippen molar-refractivity contribution < 1.29 is 35.9 Å². The highest BCUT2D eigenvalue weighted by atomic mass is 32.2. The topological polar surface area (TPSA) is 164 Å². The molecule has 0 aliphatic carbocycles. The van der Waals surface area contributed by atoms with E-state index in [0.29, 0.717) is 5.56 Å². The van der Waals surface area contributed by atoms with Gasteiger partial charge in [-0.1, -0.05) is 0 Å². The maximum absolute atomic E-state index is 13.6. The van der Waals surface area contributed by atoms with E-state index >= 15 is 0 Å². The SMILES string of the molecule is Cc1cc(-c2c(OCCN(C(=O)OC(C)(C)C)S(N)(=O)=O)nc(N)nc2-c2ccc(F)cc2)cc(C(F)F)n1. The maximum atomic E-state index is 13.6. The first-order chi connectivity index (χ1) is 18.0. The first-order valence-electron chi connectivity index (χ1n) is 11.4. The molecular weight excluding hydrogens is 541 g/mol. The van der Waals surface area contributed by atoms with E-state index < -0.39 is 53.0 Å². The predicted octanol–water partition coefficient (Wildman–Crippen LogP) is 3.99.